The summed E-state index contributed by atoms with van der Waals surface area (Å²) in [6, 6.07) is 9.85. The second kappa shape index (κ2) is 7.51. The van der Waals surface area contributed by atoms with Gasteiger partial charge in [0, 0.05) is 0 Å². The fraction of sp³-hybridized carbons (Fsp3) is 0.125. The van der Waals surface area contributed by atoms with Gasteiger partial charge in [-0.25, -0.2) is 5.43 Å². The molecule has 2 aromatic carbocycles. The molecule has 0 aliphatic heterocycles. The van der Waals surface area contributed by atoms with Gasteiger partial charge in [0.05, 0.1) is 31.0 Å². The van der Waals surface area contributed by atoms with Crippen LogP contribution in [0.5, 0.6) is 17.2 Å². The van der Waals surface area contributed by atoms with Crippen LogP contribution >= 0.6 is 11.6 Å². The second-order valence-corrected chi connectivity index (χ2v) is 4.86. The Balaban J connectivity index is 2.13. The Hall–Kier alpha value is -2.73. The van der Waals surface area contributed by atoms with Crippen molar-refractivity contribution in [2.24, 2.45) is 5.10 Å². The van der Waals surface area contributed by atoms with Gasteiger partial charge in [-0.1, -0.05) is 23.7 Å². The summed E-state index contributed by atoms with van der Waals surface area (Å²) < 4.78 is 10.1. The van der Waals surface area contributed by atoms with Crippen LogP contribution in [-0.2, 0) is 0 Å². The minimum atomic E-state index is -0.407. The van der Waals surface area contributed by atoms with E-state index in [2.05, 4.69) is 10.5 Å². The van der Waals surface area contributed by atoms with Gasteiger partial charge in [0.15, 0.2) is 11.5 Å². The number of methoxy groups -OCH3 is 2. The van der Waals surface area contributed by atoms with Crippen molar-refractivity contribution in [3.8, 4) is 17.2 Å². The van der Waals surface area contributed by atoms with Gasteiger partial charge in [0.2, 0.25) is 0 Å². The molecule has 0 saturated heterocycles. The molecule has 1 amide bonds. The molecule has 6 nitrogen and oxygen atoms in total. The highest BCUT2D eigenvalue weighted by atomic mass is 35.5. The Bertz CT molecular complexity index is 747. The number of carbonyl (C=O) groups is 1. The normalized spacial score (nSPS) is 10.6. The molecular formula is C16H15ClN2O4. The van der Waals surface area contributed by atoms with Crippen LogP contribution in [0.1, 0.15) is 15.9 Å². The van der Waals surface area contributed by atoms with Gasteiger partial charge in [0.1, 0.15) is 5.75 Å². The molecule has 0 spiro atoms. The highest BCUT2D eigenvalue weighted by Crippen LogP contribution is 2.34. The molecule has 0 atom stereocenters. The molecule has 0 aliphatic rings. The molecule has 7 heteroatoms. The van der Waals surface area contributed by atoms with Crippen LogP contribution in [0.25, 0.3) is 0 Å². The Morgan fingerprint density at radius 2 is 1.91 bits per heavy atom. The number of amides is 1. The minimum absolute atomic E-state index is 0.127. The summed E-state index contributed by atoms with van der Waals surface area (Å²) in [6.07, 6.45) is 1.39. The number of hydrogen-bond donors (Lipinski definition) is 2. The number of ether oxygens (including phenoxy) is 2. The smallest absolute Gasteiger partial charge is 0.275 e. The topological polar surface area (TPSA) is 80.2 Å². The van der Waals surface area contributed by atoms with Gasteiger partial charge in [-0.3, -0.25) is 4.79 Å². The van der Waals surface area contributed by atoms with Crippen molar-refractivity contribution in [2.45, 2.75) is 0 Å². The van der Waals surface area contributed by atoms with Crippen LogP contribution in [0.4, 0.5) is 0 Å². The zero-order valence-corrected chi connectivity index (χ0v) is 13.3. The van der Waals surface area contributed by atoms with Crippen molar-refractivity contribution in [1.29, 1.82) is 0 Å². The first-order valence-electron chi connectivity index (χ1n) is 6.59. The number of nitrogens with zero attached hydrogens (tertiary/aromatic N) is 1. The molecular weight excluding hydrogens is 320 g/mol. The van der Waals surface area contributed by atoms with Crippen LogP contribution < -0.4 is 14.9 Å². The van der Waals surface area contributed by atoms with E-state index in [0.717, 1.165) is 0 Å². The largest absolute Gasteiger partial charge is 0.503 e. The number of benzene rings is 2. The number of nitrogens with one attached hydrogen (secondary N) is 1. The van der Waals surface area contributed by atoms with Gasteiger partial charge in [-0.05, 0) is 29.8 Å². The van der Waals surface area contributed by atoms with E-state index in [1.807, 2.05) is 0 Å². The number of aromatic hydroxyl groups is 1. The Kier molecular flexibility index (Phi) is 5.43. The third kappa shape index (κ3) is 3.92. The molecule has 0 fully saturated rings. The summed E-state index contributed by atoms with van der Waals surface area (Å²) in [5, 5.41) is 13.6. The quantitative estimate of drug-likeness (QED) is 0.651. The van der Waals surface area contributed by atoms with E-state index in [1.54, 1.807) is 30.3 Å². The van der Waals surface area contributed by atoms with Crippen LogP contribution in [0.3, 0.4) is 0 Å². The number of hydrazone groups is 1. The molecule has 0 aromatic heterocycles. The first-order valence-corrected chi connectivity index (χ1v) is 6.97. The molecule has 0 heterocycles. The molecule has 2 rings (SSSR count). The number of phenols is 1. The lowest BCUT2D eigenvalue weighted by atomic mass is 10.2. The molecule has 0 aliphatic carbocycles. The predicted molar refractivity (Wildman–Crippen MR) is 87.7 cm³/mol. The predicted octanol–water partition coefficient (Wildman–Crippen LogP) is 2.83. The Morgan fingerprint density at radius 3 is 2.61 bits per heavy atom. The van der Waals surface area contributed by atoms with Gasteiger partial charge < -0.3 is 14.6 Å². The van der Waals surface area contributed by atoms with Crippen molar-refractivity contribution in [2.75, 3.05) is 14.2 Å². The van der Waals surface area contributed by atoms with Gasteiger partial charge >= 0.3 is 0 Å². The van der Waals surface area contributed by atoms with E-state index in [0.29, 0.717) is 16.9 Å². The second-order valence-electron chi connectivity index (χ2n) is 4.45. The summed E-state index contributed by atoms with van der Waals surface area (Å²) in [5.74, 6) is 0.115. The maximum Gasteiger partial charge on any atom is 0.275 e. The van der Waals surface area contributed by atoms with Crippen molar-refractivity contribution in [3.05, 3.63) is 52.5 Å². The summed E-state index contributed by atoms with van der Waals surface area (Å²) in [6.45, 7) is 0. The first kappa shape index (κ1) is 16.6. The van der Waals surface area contributed by atoms with Crippen LogP contribution in [0, 0.1) is 0 Å². The lowest BCUT2D eigenvalue weighted by molar-refractivity contribution is 0.0952. The summed E-state index contributed by atoms with van der Waals surface area (Å²) >= 11 is 5.88. The highest BCUT2D eigenvalue weighted by Gasteiger charge is 2.11. The monoisotopic (exact) mass is 334 g/mol. The zero-order valence-electron chi connectivity index (χ0n) is 12.5. The maximum atomic E-state index is 12.1. The van der Waals surface area contributed by atoms with E-state index < -0.39 is 5.91 Å². The fourth-order valence-corrected chi connectivity index (χ4v) is 2.10. The Morgan fingerprint density at radius 1 is 1.22 bits per heavy atom. The first-order chi connectivity index (χ1) is 11.1. The number of hydrogen-bond acceptors (Lipinski definition) is 5. The molecule has 0 bridgehead atoms. The summed E-state index contributed by atoms with van der Waals surface area (Å²) in [4.78, 5) is 12.1. The van der Waals surface area contributed by atoms with Crippen molar-refractivity contribution in [1.82, 2.24) is 5.43 Å². The fourth-order valence-electron chi connectivity index (χ4n) is 1.88. The molecule has 120 valence electrons. The number of para-hydroxylation sites is 1. The maximum absolute atomic E-state index is 12.1. The SMILES string of the molecule is COc1ccccc1C(=O)N/N=C\c1cc(Cl)c(O)c(OC)c1. The van der Waals surface area contributed by atoms with E-state index in [-0.39, 0.29) is 16.5 Å². The van der Waals surface area contributed by atoms with Gasteiger partial charge in [-0.15, -0.1) is 0 Å². The molecule has 0 saturated carbocycles. The van der Waals surface area contributed by atoms with Crippen molar-refractivity contribution < 1.29 is 19.4 Å². The number of halogens is 1. The van der Waals surface area contributed by atoms with Crippen LogP contribution in [0.15, 0.2) is 41.5 Å². The average molecular weight is 335 g/mol. The van der Waals surface area contributed by atoms with Gasteiger partial charge in [0.25, 0.3) is 5.91 Å². The minimum Gasteiger partial charge on any atom is -0.503 e. The average Bonchev–Trinajstić information content (AvgIpc) is 2.57. The lowest BCUT2D eigenvalue weighted by Crippen LogP contribution is -2.18. The summed E-state index contributed by atoms with van der Waals surface area (Å²) in [7, 11) is 2.90. The molecule has 0 unspecified atom stereocenters. The molecule has 2 aromatic rings. The Labute approximate surface area is 138 Å². The zero-order chi connectivity index (χ0) is 16.8. The van der Waals surface area contributed by atoms with E-state index >= 15 is 0 Å². The molecule has 23 heavy (non-hydrogen) atoms. The van der Waals surface area contributed by atoms with Gasteiger partial charge in [-0.2, -0.15) is 5.10 Å². The third-order valence-corrected chi connectivity index (χ3v) is 3.29. The van der Waals surface area contributed by atoms with Crippen molar-refractivity contribution in [3.63, 3.8) is 0 Å². The number of carbonyl (C=O) groups excluding carboxylic acids is 1. The number of rotatable bonds is 5. The van der Waals surface area contributed by atoms with Crippen LogP contribution in [0.2, 0.25) is 5.02 Å². The van der Waals surface area contributed by atoms with E-state index in [1.165, 1.54) is 26.5 Å². The standard InChI is InChI=1S/C16H15ClN2O4/c1-22-13-6-4-3-5-11(13)16(21)19-18-9-10-7-12(17)15(20)14(8-10)23-2/h3-9,20H,1-2H3,(H,19,21)/b18-9-. The lowest BCUT2D eigenvalue weighted by Gasteiger charge is -2.07. The summed E-state index contributed by atoms with van der Waals surface area (Å²) in [5.41, 5.74) is 3.33. The number of phenolic OH excluding ortho intramolecular Hbond substituents is 1. The van der Waals surface area contributed by atoms with Crippen LogP contribution in [-0.4, -0.2) is 31.4 Å². The van der Waals surface area contributed by atoms with E-state index in [4.69, 9.17) is 21.1 Å². The molecule has 0 radical (unpaired) electrons. The van der Waals surface area contributed by atoms with Crippen molar-refractivity contribution >= 4 is 23.7 Å². The van der Waals surface area contributed by atoms with E-state index in [9.17, 15) is 9.90 Å². The highest BCUT2D eigenvalue weighted by molar-refractivity contribution is 6.32. The third-order valence-electron chi connectivity index (χ3n) is 3.00. The molecule has 2 N–H and O–H groups in total.